The van der Waals surface area contributed by atoms with E-state index < -0.39 is 22.6 Å². The second-order valence-electron chi connectivity index (χ2n) is 11.8. The number of piperidine rings is 1. The molecule has 0 spiro atoms. The van der Waals surface area contributed by atoms with Gasteiger partial charge in [0.25, 0.3) is 0 Å². The summed E-state index contributed by atoms with van der Waals surface area (Å²) in [6, 6.07) is 14.0. The maximum absolute atomic E-state index is 14.2. The predicted molar refractivity (Wildman–Crippen MR) is 136 cm³/mol. The zero-order valence-electron chi connectivity index (χ0n) is 21.4. The van der Waals surface area contributed by atoms with Crippen molar-refractivity contribution >= 4 is 5.91 Å². The van der Waals surface area contributed by atoms with Crippen molar-refractivity contribution < 1.29 is 18.0 Å². The number of amides is 1. The maximum atomic E-state index is 14.2. The molecule has 8 heteroatoms. The van der Waals surface area contributed by atoms with Crippen LogP contribution in [0.25, 0.3) is 0 Å². The quantitative estimate of drug-likeness (QED) is 0.598. The summed E-state index contributed by atoms with van der Waals surface area (Å²) in [5.41, 5.74) is 0.399. The van der Waals surface area contributed by atoms with Gasteiger partial charge in [0.15, 0.2) is 0 Å². The summed E-state index contributed by atoms with van der Waals surface area (Å²) in [5, 5.41) is 14.1. The van der Waals surface area contributed by atoms with E-state index in [0.717, 1.165) is 69.4 Å². The van der Waals surface area contributed by atoms with E-state index >= 15 is 0 Å². The molecule has 1 N–H and O–H groups in total. The molecule has 1 aromatic heterocycles. The molecule has 3 heterocycles. The van der Waals surface area contributed by atoms with E-state index in [0.29, 0.717) is 24.2 Å². The third-order valence-corrected chi connectivity index (χ3v) is 10.0. The van der Waals surface area contributed by atoms with Crippen LogP contribution in [0.15, 0.2) is 42.6 Å². The van der Waals surface area contributed by atoms with E-state index in [-0.39, 0.29) is 30.2 Å². The van der Waals surface area contributed by atoms with Gasteiger partial charge in [-0.2, -0.15) is 18.4 Å². The highest BCUT2D eigenvalue weighted by molar-refractivity contribution is 5.84. The SMILES string of the molecule is N#CC1(c2ccccc2)CCNCC1[C@@H]1C[C@H]2CCC[C@@]2(C(=O)N2CCc3ncc(C(F)(F)F)cc3C2)C1. The second-order valence-corrected chi connectivity index (χ2v) is 11.8. The molecular formula is C30H33F3N4O. The second kappa shape index (κ2) is 9.37. The molecule has 0 radical (unpaired) electrons. The number of alkyl halides is 3. The Hall–Kier alpha value is -2.92. The van der Waals surface area contributed by atoms with Gasteiger partial charge in [0.05, 0.1) is 22.5 Å². The summed E-state index contributed by atoms with van der Waals surface area (Å²) in [5.74, 6) is 0.707. The molecule has 6 rings (SSSR count). The number of rotatable bonds is 3. The molecule has 38 heavy (non-hydrogen) atoms. The molecule has 2 aromatic rings. The summed E-state index contributed by atoms with van der Waals surface area (Å²) in [6.07, 6.45) is 2.16. The Bertz CT molecular complexity index is 1260. The number of carbonyl (C=O) groups excluding carboxylic acids is 1. The number of pyridine rings is 1. The molecule has 1 aromatic carbocycles. The molecule has 2 saturated carbocycles. The first-order valence-electron chi connectivity index (χ1n) is 13.8. The van der Waals surface area contributed by atoms with Crippen LogP contribution in [0.3, 0.4) is 0 Å². The van der Waals surface area contributed by atoms with Crippen LogP contribution in [0.4, 0.5) is 13.2 Å². The smallest absolute Gasteiger partial charge is 0.337 e. The van der Waals surface area contributed by atoms with E-state index in [2.05, 4.69) is 28.5 Å². The molecule has 2 aliphatic heterocycles. The van der Waals surface area contributed by atoms with Gasteiger partial charge in [-0.3, -0.25) is 9.78 Å². The summed E-state index contributed by atoms with van der Waals surface area (Å²) in [7, 11) is 0. The Morgan fingerprint density at radius 2 is 2.03 bits per heavy atom. The monoisotopic (exact) mass is 522 g/mol. The molecule has 2 aliphatic carbocycles. The zero-order valence-corrected chi connectivity index (χ0v) is 21.4. The zero-order chi connectivity index (χ0) is 26.5. The lowest BCUT2D eigenvalue weighted by atomic mass is 9.62. The minimum atomic E-state index is -4.46. The van der Waals surface area contributed by atoms with Crippen LogP contribution in [0, 0.1) is 34.5 Å². The lowest BCUT2D eigenvalue weighted by Gasteiger charge is -2.43. The van der Waals surface area contributed by atoms with Gasteiger partial charge in [0, 0.05) is 37.9 Å². The highest BCUT2D eigenvalue weighted by Crippen LogP contribution is 2.61. The van der Waals surface area contributed by atoms with Crippen LogP contribution >= 0.6 is 0 Å². The van der Waals surface area contributed by atoms with Crippen LogP contribution in [-0.4, -0.2) is 35.4 Å². The molecule has 3 fully saturated rings. The number of hydrogen-bond donors (Lipinski definition) is 1. The van der Waals surface area contributed by atoms with Gasteiger partial charge in [0.1, 0.15) is 0 Å². The average Bonchev–Trinajstić information content (AvgIpc) is 3.50. The molecule has 5 atom stereocenters. The van der Waals surface area contributed by atoms with E-state index in [1.54, 1.807) is 4.90 Å². The fourth-order valence-corrected chi connectivity index (χ4v) is 8.19. The Morgan fingerprint density at radius 3 is 2.79 bits per heavy atom. The Morgan fingerprint density at radius 1 is 1.21 bits per heavy atom. The number of benzene rings is 1. The molecule has 1 saturated heterocycles. The highest BCUT2D eigenvalue weighted by Gasteiger charge is 2.59. The van der Waals surface area contributed by atoms with Crippen molar-refractivity contribution in [2.75, 3.05) is 19.6 Å². The standard InChI is InChI=1S/C30H33F3N4O/c31-30(32,33)24-14-21-18-37(12-8-26(21)36-16-24)27(38)28-9-4-7-23(28)13-20(15-28)25-17-35-11-10-29(25,19-34)22-5-2-1-3-6-22/h1-3,5-6,14,16,20,23,25,35H,4,7-13,15,17-18H2/t20-,23-,25?,28-,29?/m1/s1. The minimum Gasteiger partial charge on any atom is -0.337 e. The Labute approximate surface area is 221 Å². The molecule has 4 aliphatic rings. The third kappa shape index (κ3) is 4.02. The van der Waals surface area contributed by atoms with Crippen molar-refractivity contribution in [1.29, 1.82) is 5.26 Å². The topological polar surface area (TPSA) is 69.0 Å². The van der Waals surface area contributed by atoms with Crippen molar-refractivity contribution in [3.63, 3.8) is 0 Å². The molecular weight excluding hydrogens is 489 g/mol. The minimum absolute atomic E-state index is 0.0941. The number of carbonyl (C=O) groups is 1. The third-order valence-electron chi connectivity index (χ3n) is 10.0. The first-order valence-corrected chi connectivity index (χ1v) is 13.8. The van der Waals surface area contributed by atoms with Gasteiger partial charge in [-0.1, -0.05) is 36.8 Å². The van der Waals surface area contributed by atoms with Gasteiger partial charge in [-0.25, -0.2) is 0 Å². The summed E-state index contributed by atoms with van der Waals surface area (Å²) in [6.45, 7) is 2.22. The molecule has 200 valence electrons. The van der Waals surface area contributed by atoms with E-state index in [1.165, 1.54) is 0 Å². The fraction of sp³-hybridized carbons (Fsp3) is 0.567. The molecule has 5 nitrogen and oxygen atoms in total. The Kier molecular flexibility index (Phi) is 6.26. The summed E-state index contributed by atoms with van der Waals surface area (Å²) < 4.78 is 40.0. The van der Waals surface area contributed by atoms with E-state index in [1.807, 2.05) is 18.2 Å². The average molecular weight is 523 g/mol. The van der Waals surface area contributed by atoms with Crippen molar-refractivity contribution in [2.24, 2.45) is 23.2 Å². The summed E-state index contributed by atoms with van der Waals surface area (Å²) >= 11 is 0. The largest absolute Gasteiger partial charge is 0.417 e. The number of aromatic nitrogens is 1. The van der Waals surface area contributed by atoms with Crippen LogP contribution in [0.1, 0.15) is 60.9 Å². The van der Waals surface area contributed by atoms with Crippen molar-refractivity contribution in [2.45, 2.75) is 63.1 Å². The summed E-state index contributed by atoms with van der Waals surface area (Å²) in [4.78, 5) is 20.1. The first-order chi connectivity index (χ1) is 18.3. The van der Waals surface area contributed by atoms with Crippen molar-refractivity contribution in [3.8, 4) is 6.07 Å². The first kappa shape index (κ1) is 25.4. The predicted octanol–water partition coefficient (Wildman–Crippen LogP) is 5.25. The number of halogens is 3. The van der Waals surface area contributed by atoms with E-state index in [9.17, 15) is 23.2 Å². The van der Waals surface area contributed by atoms with Crippen LogP contribution in [-0.2, 0) is 29.4 Å². The van der Waals surface area contributed by atoms with Gasteiger partial charge >= 0.3 is 6.18 Å². The fourth-order valence-electron chi connectivity index (χ4n) is 8.19. The number of fused-ring (bicyclic) bond motifs is 2. The van der Waals surface area contributed by atoms with Gasteiger partial charge < -0.3 is 10.2 Å². The number of nitriles is 1. The van der Waals surface area contributed by atoms with Crippen LogP contribution < -0.4 is 5.32 Å². The highest BCUT2D eigenvalue weighted by atomic mass is 19.4. The normalized spacial score (nSPS) is 32.9. The van der Waals surface area contributed by atoms with Gasteiger partial charge in [0.2, 0.25) is 5.91 Å². The number of hydrogen-bond acceptors (Lipinski definition) is 4. The lowest BCUT2D eigenvalue weighted by molar-refractivity contribution is -0.144. The van der Waals surface area contributed by atoms with Crippen LogP contribution in [0.5, 0.6) is 0 Å². The van der Waals surface area contributed by atoms with Crippen molar-refractivity contribution in [3.05, 3.63) is 65.0 Å². The molecule has 0 bridgehead atoms. The number of nitrogens with one attached hydrogen (secondary N) is 1. The van der Waals surface area contributed by atoms with Gasteiger partial charge in [-0.15, -0.1) is 0 Å². The van der Waals surface area contributed by atoms with E-state index in [4.69, 9.17) is 0 Å². The molecule has 2 unspecified atom stereocenters. The molecule has 1 amide bonds. The number of nitrogens with zero attached hydrogens (tertiary/aromatic N) is 3. The Balaban J connectivity index is 1.27. The maximum Gasteiger partial charge on any atom is 0.417 e. The van der Waals surface area contributed by atoms with Gasteiger partial charge in [-0.05, 0) is 73.6 Å². The van der Waals surface area contributed by atoms with Crippen LogP contribution in [0.2, 0.25) is 0 Å². The van der Waals surface area contributed by atoms with Crippen molar-refractivity contribution in [1.82, 2.24) is 15.2 Å². The lowest BCUT2D eigenvalue weighted by Crippen LogP contribution is -2.50.